The van der Waals surface area contributed by atoms with Crippen molar-refractivity contribution in [2.75, 3.05) is 5.32 Å². The zero-order valence-electron chi connectivity index (χ0n) is 15.3. The van der Waals surface area contributed by atoms with Crippen LogP contribution in [-0.2, 0) is 17.6 Å². The number of benzene rings is 1. The second-order valence-electron chi connectivity index (χ2n) is 6.16. The summed E-state index contributed by atoms with van der Waals surface area (Å²) in [7, 11) is 0. The maximum atomic E-state index is 12.6. The number of anilines is 1. The van der Waals surface area contributed by atoms with Crippen LogP contribution in [0.5, 0.6) is 0 Å². The number of amides is 2. The molecular weight excluding hydrogens is 332 g/mol. The Kier molecular flexibility index (Phi) is 6.76. The van der Waals surface area contributed by atoms with Gasteiger partial charge in [-0.15, -0.1) is 11.3 Å². The van der Waals surface area contributed by atoms with Crippen LogP contribution >= 0.6 is 11.3 Å². The Hall–Kier alpha value is -2.14. The number of rotatable bonds is 7. The molecule has 0 aliphatic rings. The standard InChI is InChI=1S/C20H26N2O2S/c1-5-8-18-15(6-2)12-19(25-18)20(24)21-13(3)16-9-7-10-17(11-16)22-14(4)23/h7,9-13H,5-6,8H2,1-4H3,(H,21,24)(H,22,23). The second-order valence-corrected chi connectivity index (χ2v) is 7.30. The Balaban J connectivity index is 2.11. The Morgan fingerprint density at radius 1 is 1.20 bits per heavy atom. The highest BCUT2D eigenvalue weighted by molar-refractivity contribution is 7.14. The van der Waals surface area contributed by atoms with Gasteiger partial charge in [-0.1, -0.05) is 32.4 Å². The third-order valence-corrected chi connectivity index (χ3v) is 5.27. The third-order valence-electron chi connectivity index (χ3n) is 4.03. The summed E-state index contributed by atoms with van der Waals surface area (Å²) >= 11 is 1.60. The molecule has 2 amide bonds. The molecule has 1 heterocycles. The van der Waals surface area contributed by atoms with Crippen LogP contribution in [0.15, 0.2) is 30.3 Å². The lowest BCUT2D eigenvalue weighted by molar-refractivity contribution is -0.114. The minimum absolute atomic E-state index is 0.0421. The number of aryl methyl sites for hydroxylation is 2. The fraction of sp³-hybridized carbons (Fsp3) is 0.400. The molecule has 0 fully saturated rings. The van der Waals surface area contributed by atoms with Crippen molar-refractivity contribution in [3.05, 3.63) is 51.2 Å². The minimum atomic E-state index is -0.136. The molecule has 2 aromatic rings. The summed E-state index contributed by atoms with van der Waals surface area (Å²) in [5, 5.41) is 5.83. The lowest BCUT2D eigenvalue weighted by Gasteiger charge is -2.15. The fourth-order valence-electron chi connectivity index (χ4n) is 2.76. The van der Waals surface area contributed by atoms with E-state index in [0.29, 0.717) is 0 Å². The third kappa shape index (κ3) is 5.16. The van der Waals surface area contributed by atoms with E-state index < -0.39 is 0 Å². The first-order chi connectivity index (χ1) is 11.9. The highest BCUT2D eigenvalue weighted by atomic mass is 32.1. The van der Waals surface area contributed by atoms with Gasteiger partial charge in [-0.3, -0.25) is 9.59 Å². The normalized spacial score (nSPS) is 11.8. The number of hydrogen-bond acceptors (Lipinski definition) is 3. The van der Waals surface area contributed by atoms with Crippen LogP contribution < -0.4 is 10.6 Å². The van der Waals surface area contributed by atoms with E-state index in [1.54, 1.807) is 11.3 Å². The maximum Gasteiger partial charge on any atom is 0.261 e. The number of thiophene rings is 1. The molecule has 2 N–H and O–H groups in total. The average Bonchev–Trinajstić information content (AvgIpc) is 2.98. The van der Waals surface area contributed by atoms with Gasteiger partial charge in [-0.2, -0.15) is 0 Å². The van der Waals surface area contributed by atoms with E-state index in [1.165, 1.54) is 17.4 Å². The quantitative estimate of drug-likeness (QED) is 0.753. The van der Waals surface area contributed by atoms with Gasteiger partial charge in [-0.25, -0.2) is 0 Å². The Morgan fingerprint density at radius 2 is 1.96 bits per heavy atom. The molecule has 0 aliphatic carbocycles. The van der Waals surface area contributed by atoms with Crippen LogP contribution in [0, 0.1) is 0 Å². The van der Waals surface area contributed by atoms with E-state index in [4.69, 9.17) is 0 Å². The molecular formula is C20H26N2O2S. The highest BCUT2D eigenvalue weighted by Gasteiger charge is 2.16. The topological polar surface area (TPSA) is 58.2 Å². The Morgan fingerprint density at radius 3 is 2.60 bits per heavy atom. The maximum absolute atomic E-state index is 12.6. The molecule has 0 saturated heterocycles. The van der Waals surface area contributed by atoms with Crippen LogP contribution in [0.2, 0.25) is 0 Å². The second kappa shape index (κ2) is 8.81. The lowest BCUT2D eigenvalue weighted by atomic mass is 10.1. The first-order valence-corrected chi connectivity index (χ1v) is 9.56. The van der Waals surface area contributed by atoms with Gasteiger partial charge in [-0.05, 0) is 49.1 Å². The summed E-state index contributed by atoms with van der Waals surface area (Å²) in [6.07, 6.45) is 3.06. The van der Waals surface area contributed by atoms with E-state index in [2.05, 4.69) is 24.5 Å². The number of hydrogen-bond donors (Lipinski definition) is 2. The van der Waals surface area contributed by atoms with Crippen LogP contribution in [0.4, 0.5) is 5.69 Å². The number of nitrogens with one attached hydrogen (secondary N) is 2. The van der Waals surface area contributed by atoms with Gasteiger partial charge in [0.2, 0.25) is 5.91 Å². The molecule has 1 unspecified atom stereocenters. The van der Waals surface area contributed by atoms with Crippen molar-refractivity contribution in [1.29, 1.82) is 0 Å². The number of carbonyl (C=O) groups excluding carboxylic acids is 2. The van der Waals surface area contributed by atoms with Gasteiger partial charge in [0.25, 0.3) is 5.91 Å². The van der Waals surface area contributed by atoms with Gasteiger partial charge in [0.05, 0.1) is 10.9 Å². The van der Waals surface area contributed by atoms with Gasteiger partial charge in [0.1, 0.15) is 0 Å². The molecule has 1 aromatic heterocycles. The monoisotopic (exact) mass is 358 g/mol. The Labute approximate surface area is 153 Å². The summed E-state index contributed by atoms with van der Waals surface area (Å²) in [6.45, 7) is 7.71. The van der Waals surface area contributed by atoms with E-state index in [1.807, 2.05) is 37.3 Å². The summed E-state index contributed by atoms with van der Waals surface area (Å²) in [4.78, 5) is 25.9. The minimum Gasteiger partial charge on any atom is -0.345 e. The fourth-order valence-corrected chi connectivity index (χ4v) is 4.02. The number of carbonyl (C=O) groups is 2. The van der Waals surface area contributed by atoms with Crippen molar-refractivity contribution in [1.82, 2.24) is 5.32 Å². The summed E-state index contributed by atoms with van der Waals surface area (Å²) in [5.41, 5.74) is 2.97. The predicted octanol–water partition coefficient (Wildman–Crippen LogP) is 4.71. The Bertz CT molecular complexity index is 752. The molecule has 0 saturated carbocycles. The summed E-state index contributed by atoms with van der Waals surface area (Å²) in [6, 6.07) is 9.44. The van der Waals surface area contributed by atoms with E-state index in [-0.39, 0.29) is 17.9 Å². The molecule has 2 rings (SSSR count). The van der Waals surface area contributed by atoms with Crippen LogP contribution in [0.1, 0.15) is 65.8 Å². The molecule has 134 valence electrons. The average molecular weight is 359 g/mol. The first-order valence-electron chi connectivity index (χ1n) is 8.74. The first kappa shape index (κ1) is 19.2. The van der Waals surface area contributed by atoms with E-state index >= 15 is 0 Å². The molecule has 5 heteroatoms. The van der Waals surface area contributed by atoms with Crippen LogP contribution in [0.25, 0.3) is 0 Å². The van der Waals surface area contributed by atoms with Crippen molar-refractivity contribution < 1.29 is 9.59 Å². The molecule has 0 bridgehead atoms. The van der Waals surface area contributed by atoms with Crippen molar-refractivity contribution >= 4 is 28.8 Å². The van der Waals surface area contributed by atoms with Crippen molar-refractivity contribution in [2.45, 2.75) is 53.0 Å². The summed E-state index contributed by atoms with van der Waals surface area (Å²) < 4.78 is 0. The SMILES string of the molecule is CCCc1sc(C(=O)NC(C)c2cccc(NC(C)=O)c2)cc1CC. The van der Waals surface area contributed by atoms with Gasteiger partial charge in [0, 0.05) is 17.5 Å². The van der Waals surface area contributed by atoms with Crippen molar-refractivity contribution in [3.63, 3.8) is 0 Å². The largest absolute Gasteiger partial charge is 0.345 e. The smallest absolute Gasteiger partial charge is 0.261 e. The van der Waals surface area contributed by atoms with Crippen molar-refractivity contribution in [3.8, 4) is 0 Å². The highest BCUT2D eigenvalue weighted by Crippen LogP contribution is 2.25. The molecule has 0 aliphatic heterocycles. The van der Waals surface area contributed by atoms with Gasteiger partial charge in [0.15, 0.2) is 0 Å². The zero-order valence-corrected chi connectivity index (χ0v) is 16.1. The zero-order chi connectivity index (χ0) is 18.4. The molecule has 0 spiro atoms. The van der Waals surface area contributed by atoms with E-state index in [9.17, 15) is 9.59 Å². The molecule has 0 radical (unpaired) electrons. The molecule has 1 atom stereocenters. The van der Waals surface area contributed by atoms with E-state index in [0.717, 1.165) is 35.4 Å². The van der Waals surface area contributed by atoms with Crippen LogP contribution in [-0.4, -0.2) is 11.8 Å². The molecule has 25 heavy (non-hydrogen) atoms. The predicted molar refractivity (Wildman–Crippen MR) is 104 cm³/mol. The lowest BCUT2D eigenvalue weighted by Crippen LogP contribution is -2.26. The summed E-state index contributed by atoms with van der Waals surface area (Å²) in [5.74, 6) is -0.151. The molecule has 1 aromatic carbocycles. The van der Waals surface area contributed by atoms with Crippen molar-refractivity contribution in [2.24, 2.45) is 0 Å². The van der Waals surface area contributed by atoms with Crippen LogP contribution in [0.3, 0.4) is 0 Å². The van der Waals surface area contributed by atoms with Gasteiger partial charge >= 0.3 is 0 Å². The molecule has 4 nitrogen and oxygen atoms in total. The van der Waals surface area contributed by atoms with Gasteiger partial charge < -0.3 is 10.6 Å².